The van der Waals surface area contributed by atoms with E-state index < -0.39 is 9.84 Å². The zero-order valence-electron chi connectivity index (χ0n) is 12.1. The number of aromatic nitrogens is 2. The number of sulfone groups is 1. The van der Waals surface area contributed by atoms with Gasteiger partial charge in [0.25, 0.3) is 5.95 Å². The highest BCUT2D eigenvalue weighted by Crippen LogP contribution is 2.17. The molecule has 21 heavy (non-hydrogen) atoms. The summed E-state index contributed by atoms with van der Waals surface area (Å²) in [6.07, 6.45) is 0. The van der Waals surface area contributed by atoms with Crippen LogP contribution in [0.4, 0.5) is 5.95 Å². The maximum absolute atomic E-state index is 12.2. The van der Waals surface area contributed by atoms with Gasteiger partial charge in [-0.3, -0.25) is 0 Å². The fourth-order valence-electron chi connectivity index (χ4n) is 1.74. The van der Waals surface area contributed by atoms with Gasteiger partial charge in [0, 0.05) is 14.1 Å². The van der Waals surface area contributed by atoms with Crippen LogP contribution in [-0.4, -0.2) is 39.8 Å². The van der Waals surface area contributed by atoms with Gasteiger partial charge in [0.05, 0.1) is 12.9 Å². The summed E-state index contributed by atoms with van der Waals surface area (Å²) in [6.45, 7) is 0. The Morgan fingerprint density at radius 2 is 2.05 bits per heavy atom. The zero-order valence-corrected chi connectivity index (χ0v) is 12.9. The van der Waals surface area contributed by atoms with E-state index in [0.717, 1.165) is 0 Å². The molecule has 0 atom stereocenters. The van der Waals surface area contributed by atoms with Crippen LogP contribution < -0.4 is 9.64 Å². The molecule has 0 unspecified atom stereocenters. The Labute approximate surface area is 123 Å². The normalized spacial score (nSPS) is 11.4. The molecule has 0 fully saturated rings. The summed E-state index contributed by atoms with van der Waals surface area (Å²) in [5.41, 5.74) is 0.654. The molecule has 2 aromatic rings. The van der Waals surface area contributed by atoms with Gasteiger partial charge in [-0.2, -0.15) is 4.98 Å². The minimum atomic E-state index is -3.40. The van der Waals surface area contributed by atoms with Crippen LogP contribution in [0, 0.1) is 0 Å². The molecule has 0 bridgehead atoms. The molecule has 0 aliphatic heterocycles. The van der Waals surface area contributed by atoms with Gasteiger partial charge in [-0.15, -0.1) is 0 Å². The highest BCUT2D eigenvalue weighted by molar-refractivity contribution is 7.89. The molecular formula is C13H17N3O4S. The number of anilines is 1. The summed E-state index contributed by atoms with van der Waals surface area (Å²) >= 11 is 0. The predicted octanol–water partition coefficient (Wildman–Crippen LogP) is 1.26. The van der Waals surface area contributed by atoms with Gasteiger partial charge < -0.3 is 14.2 Å². The van der Waals surface area contributed by atoms with Crippen LogP contribution in [0.1, 0.15) is 11.5 Å². The average molecular weight is 311 g/mol. The molecule has 0 saturated heterocycles. The first-order valence-corrected chi connectivity index (χ1v) is 8.05. The Hall–Kier alpha value is -2.09. The maximum atomic E-state index is 12.2. The number of nitrogens with zero attached hydrogens (tertiary/aromatic N) is 3. The Kier molecular flexibility index (Phi) is 4.46. The number of hydrogen-bond donors (Lipinski definition) is 0. The van der Waals surface area contributed by atoms with E-state index in [1.54, 1.807) is 43.3 Å². The van der Waals surface area contributed by atoms with Crippen molar-refractivity contribution in [3.63, 3.8) is 0 Å². The van der Waals surface area contributed by atoms with E-state index in [1.807, 2.05) is 0 Å². The Morgan fingerprint density at radius 1 is 1.29 bits per heavy atom. The molecule has 0 spiro atoms. The fourth-order valence-corrected chi connectivity index (χ4v) is 3.02. The van der Waals surface area contributed by atoms with Crippen LogP contribution in [0.2, 0.25) is 0 Å². The van der Waals surface area contributed by atoms with Crippen molar-refractivity contribution < 1.29 is 17.7 Å². The van der Waals surface area contributed by atoms with Gasteiger partial charge in [-0.05, 0) is 22.9 Å². The summed E-state index contributed by atoms with van der Waals surface area (Å²) < 4.78 is 34.3. The molecule has 1 aromatic carbocycles. The minimum absolute atomic E-state index is 0.0848. The number of benzene rings is 1. The maximum Gasteiger partial charge on any atom is 0.265 e. The molecule has 0 aliphatic carbocycles. The second-order valence-electron chi connectivity index (χ2n) is 4.77. The molecule has 0 radical (unpaired) electrons. The number of hydrogen-bond acceptors (Lipinski definition) is 7. The molecule has 0 N–H and O–H groups in total. The van der Waals surface area contributed by atoms with Crippen LogP contribution >= 0.6 is 0 Å². The Balaban J connectivity index is 2.10. The minimum Gasteiger partial charge on any atom is -0.497 e. The summed E-state index contributed by atoms with van der Waals surface area (Å²) in [5, 5.41) is 3.69. The molecular weight excluding hydrogens is 294 g/mol. The van der Waals surface area contributed by atoms with Crippen LogP contribution in [-0.2, 0) is 21.3 Å². The van der Waals surface area contributed by atoms with Crippen LogP contribution in [0.25, 0.3) is 0 Å². The van der Waals surface area contributed by atoms with Crippen molar-refractivity contribution in [1.29, 1.82) is 0 Å². The van der Waals surface area contributed by atoms with E-state index in [2.05, 4.69) is 10.1 Å². The van der Waals surface area contributed by atoms with Crippen LogP contribution in [0.15, 0.2) is 28.8 Å². The lowest BCUT2D eigenvalue weighted by molar-refractivity contribution is 0.388. The highest BCUT2D eigenvalue weighted by atomic mass is 32.2. The second kappa shape index (κ2) is 6.13. The lowest BCUT2D eigenvalue weighted by Gasteiger charge is -2.05. The quantitative estimate of drug-likeness (QED) is 0.793. The monoisotopic (exact) mass is 311 g/mol. The zero-order chi connectivity index (χ0) is 15.5. The first-order chi connectivity index (χ1) is 9.89. The molecule has 8 heteroatoms. The van der Waals surface area contributed by atoms with Gasteiger partial charge >= 0.3 is 0 Å². The molecule has 1 heterocycles. The third kappa shape index (κ3) is 4.19. The molecule has 0 amide bonds. The highest BCUT2D eigenvalue weighted by Gasteiger charge is 2.19. The average Bonchev–Trinajstić information content (AvgIpc) is 2.86. The summed E-state index contributed by atoms with van der Waals surface area (Å²) in [7, 11) is 1.64. The van der Waals surface area contributed by atoms with E-state index in [-0.39, 0.29) is 17.4 Å². The molecule has 114 valence electrons. The van der Waals surface area contributed by atoms with E-state index in [0.29, 0.717) is 17.3 Å². The van der Waals surface area contributed by atoms with Gasteiger partial charge in [0.15, 0.2) is 9.84 Å². The topological polar surface area (TPSA) is 85.5 Å². The van der Waals surface area contributed by atoms with E-state index in [9.17, 15) is 8.42 Å². The van der Waals surface area contributed by atoms with E-state index in [1.165, 1.54) is 7.11 Å². The Morgan fingerprint density at radius 3 is 2.67 bits per heavy atom. The van der Waals surface area contributed by atoms with Gasteiger partial charge in [-0.1, -0.05) is 12.1 Å². The fraction of sp³-hybridized carbons (Fsp3) is 0.385. The van der Waals surface area contributed by atoms with E-state index in [4.69, 9.17) is 9.26 Å². The van der Waals surface area contributed by atoms with Gasteiger partial charge in [0.2, 0.25) is 5.89 Å². The van der Waals surface area contributed by atoms with Gasteiger partial charge in [-0.25, -0.2) is 8.42 Å². The molecule has 7 nitrogen and oxygen atoms in total. The molecule has 0 saturated carbocycles. The molecule has 2 rings (SSSR count). The summed E-state index contributed by atoms with van der Waals surface area (Å²) in [6, 6.07) is 6.94. The van der Waals surface area contributed by atoms with E-state index >= 15 is 0 Å². The summed E-state index contributed by atoms with van der Waals surface area (Å²) in [4.78, 5) is 5.66. The number of rotatable bonds is 6. The third-order valence-electron chi connectivity index (χ3n) is 2.72. The van der Waals surface area contributed by atoms with Crippen molar-refractivity contribution in [3.05, 3.63) is 35.7 Å². The van der Waals surface area contributed by atoms with Crippen molar-refractivity contribution in [2.24, 2.45) is 0 Å². The second-order valence-corrected chi connectivity index (χ2v) is 6.83. The van der Waals surface area contributed by atoms with Gasteiger partial charge in [0.1, 0.15) is 11.5 Å². The summed E-state index contributed by atoms with van der Waals surface area (Å²) in [5.74, 6) is 0.660. The predicted molar refractivity (Wildman–Crippen MR) is 77.9 cm³/mol. The lowest BCUT2D eigenvalue weighted by Crippen LogP contribution is -2.11. The SMILES string of the molecule is COc1cccc(CS(=O)(=O)Cc2nc(N(C)C)no2)c1. The smallest absolute Gasteiger partial charge is 0.265 e. The first-order valence-electron chi connectivity index (χ1n) is 6.23. The Bertz CT molecular complexity index is 710. The van der Waals surface area contributed by atoms with Crippen LogP contribution in [0.3, 0.4) is 0 Å². The number of methoxy groups -OCH3 is 1. The lowest BCUT2D eigenvalue weighted by atomic mass is 10.2. The van der Waals surface area contributed by atoms with Crippen molar-refractivity contribution in [1.82, 2.24) is 10.1 Å². The van der Waals surface area contributed by atoms with Crippen molar-refractivity contribution in [2.45, 2.75) is 11.5 Å². The largest absolute Gasteiger partial charge is 0.497 e. The van der Waals surface area contributed by atoms with Crippen LogP contribution in [0.5, 0.6) is 5.75 Å². The van der Waals surface area contributed by atoms with Crippen molar-refractivity contribution in [3.8, 4) is 5.75 Å². The molecule has 1 aromatic heterocycles. The first kappa shape index (κ1) is 15.3. The molecule has 0 aliphatic rings. The standard InChI is InChI=1S/C13H17N3O4S/c1-16(2)13-14-12(20-15-13)9-21(17,18)8-10-5-4-6-11(7-10)19-3/h4-7H,8-9H2,1-3H3. The number of ether oxygens (including phenoxy) is 1. The van der Waals surface area contributed by atoms with Crippen molar-refractivity contribution in [2.75, 3.05) is 26.1 Å². The van der Waals surface area contributed by atoms with Crippen molar-refractivity contribution >= 4 is 15.8 Å². The third-order valence-corrected chi connectivity index (χ3v) is 4.18.